The number of anilines is 1. The lowest BCUT2D eigenvalue weighted by molar-refractivity contribution is 0.101. The topological polar surface area (TPSA) is 85.8 Å². The Morgan fingerprint density at radius 2 is 2.08 bits per heavy atom. The molecule has 2 aromatic heterocycles. The van der Waals surface area contributed by atoms with Crippen LogP contribution in [0.2, 0.25) is 0 Å². The Morgan fingerprint density at radius 3 is 2.83 bits per heavy atom. The quantitative estimate of drug-likeness (QED) is 0.692. The number of nitrogens with one attached hydrogen (secondary N) is 1. The van der Waals surface area contributed by atoms with E-state index in [4.69, 9.17) is 4.42 Å². The van der Waals surface area contributed by atoms with Crippen LogP contribution in [0, 0.1) is 6.92 Å². The maximum absolute atomic E-state index is 12.3. The van der Waals surface area contributed by atoms with Gasteiger partial charge in [0, 0.05) is 11.4 Å². The van der Waals surface area contributed by atoms with Crippen LogP contribution < -0.4 is 5.32 Å². The summed E-state index contributed by atoms with van der Waals surface area (Å²) < 4.78 is 7.11. The number of nitrogens with zero attached hydrogens (tertiary/aromatic N) is 4. The molecule has 0 spiro atoms. The van der Waals surface area contributed by atoms with Crippen molar-refractivity contribution >= 4 is 23.7 Å². The molecule has 8 heteroatoms. The van der Waals surface area contributed by atoms with E-state index < -0.39 is 0 Å². The van der Waals surface area contributed by atoms with Crippen LogP contribution in [0.1, 0.15) is 29.0 Å². The molecule has 0 saturated heterocycles. The average Bonchev–Trinajstić information content (AvgIpc) is 3.20. The van der Waals surface area contributed by atoms with E-state index in [-0.39, 0.29) is 11.9 Å². The van der Waals surface area contributed by atoms with Gasteiger partial charge in [0.1, 0.15) is 5.69 Å². The van der Waals surface area contributed by atoms with Crippen molar-refractivity contribution in [2.45, 2.75) is 31.0 Å². The van der Waals surface area contributed by atoms with Gasteiger partial charge in [-0.15, -0.1) is 16.9 Å². The van der Waals surface area contributed by atoms with Gasteiger partial charge in [-0.1, -0.05) is 23.3 Å². The molecule has 0 aliphatic heterocycles. The number of rotatable bonds is 6. The average molecular weight is 343 g/mol. The van der Waals surface area contributed by atoms with Gasteiger partial charge < -0.3 is 4.42 Å². The normalized spacial score (nSPS) is 10.8. The summed E-state index contributed by atoms with van der Waals surface area (Å²) in [5.41, 5.74) is 1.25. The maximum atomic E-state index is 12.3. The molecule has 2 heterocycles. The lowest BCUT2D eigenvalue weighted by Gasteiger charge is -2.02. The minimum atomic E-state index is -0.316. The summed E-state index contributed by atoms with van der Waals surface area (Å²) in [6.45, 7) is 4.38. The fourth-order valence-corrected chi connectivity index (χ4v) is 2.91. The predicted octanol–water partition coefficient (Wildman–Crippen LogP) is 3.14. The van der Waals surface area contributed by atoms with Gasteiger partial charge in [0.2, 0.25) is 5.89 Å². The summed E-state index contributed by atoms with van der Waals surface area (Å²) in [7, 11) is 0. The molecular formula is C16H17N5O2S. The van der Waals surface area contributed by atoms with Crippen molar-refractivity contribution in [3.05, 3.63) is 53.7 Å². The van der Waals surface area contributed by atoms with E-state index >= 15 is 0 Å². The number of carbonyl (C=O) groups is 1. The van der Waals surface area contributed by atoms with Crippen molar-refractivity contribution in [2.24, 2.45) is 0 Å². The number of carbonyl (C=O) groups excluding carboxylic acids is 1. The van der Waals surface area contributed by atoms with Gasteiger partial charge in [-0.05, 0) is 32.0 Å². The number of benzene rings is 1. The highest BCUT2D eigenvalue weighted by Crippen LogP contribution is 2.22. The SMILES string of the molecule is CCn1nc(C)cc1C(=O)Nc1nnc(CSc2ccccc2)o1. The van der Waals surface area contributed by atoms with Crippen LogP contribution in [-0.2, 0) is 12.3 Å². The first-order chi connectivity index (χ1) is 11.7. The molecular weight excluding hydrogens is 326 g/mol. The molecule has 0 fully saturated rings. The van der Waals surface area contributed by atoms with Crippen LogP contribution in [0.15, 0.2) is 45.7 Å². The van der Waals surface area contributed by atoms with Gasteiger partial charge in [-0.2, -0.15) is 5.10 Å². The Morgan fingerprint density at radius 1 is 1.29 bits per heavy atom. The fourth-order valence-electron chi connectivity index (χ4n) is 2.15. The number of thioether (sulfide) groups is 1. The van der Waals surface area contributed by atoms with E-state index in [1.165, 1.54) is 0 Å². The van der Waals surface area contributed by atoms with E-state index in [2.05, 4.69) is 20.6 Å². The number of aryl methyl sites for hydroxylation is 2. The highest BCUT2D eigenvalue weighted by molar-refractivity contribution is 7.98. The van der Waals surface area contributed by atoms with Crippen molar-refractivity contribution in [3.63, 3.8) is 0 Å². The Labute approximate surface area is 143 Å². The first-order valence-electron chi connectivity index (χ1n) is 7.51. The zero-order valence-corrected chi connectivity index (χ0v) is 14.2. The molecule has 1 aromatic carbocycles. The minimum Gasteiger partial charge on any atom is -0.407 e. The molecule has 3 aromatic rings. The molecule has 0 aliphatic rings. The van der Waals surface area contributed by atoms with Crippen LogP contribution in [0.3, 0.4) is 0 Å². The second-order valence-corrected chi connectivity index (χ2v) is 6.09. The minimum absolute atomic E-state index is 0.0881. The molecule has 3 rings (SSSR count). The zero-order chi connectivity index (χ0) is 16.9. The van der Waals surface area contributed by atoms with Gasteiger partial charge in [-0.25, -0.2) is 0 Å². The van der Waals surface area contributed by atoms with E-state index in [0.29, 0.717) is 23.9 Å². The zero-order valence-electron chi connectivity index (χ0n) is 13.4. The van der Waals surface area contributed by atoms with Gasteiger partial charge >= 0.3 is 6.01 Å². The summed E-state index contributed by atoms with van der Waals surface area (Å²) >= 11 is 1.59. The summed E-state index contributed by atoms with van der Waals surface area (Å²) in [5.74, 6) is 0.682. The second-order valence-electron chi connectivity index (χ2n) is 5.04. The maximum Gasteiger partial charge on any atom is 0.322 e. The number of hydrogen-bond donors (Lipinski definition) is 1. The van der Waals surface area contributed by atoms with E-state index in [0.717, 1.165) is 10.6 Å². The van der Waals surface area contributed by atoms with Gasteiger partial charge in [0.25, 0.3) is 5.91 Å². The Hall–Kier alpha value is -2.61. The van der Waals surface area contributed by atoms with Crippen LogP contribution in [0.25, 0.3) is 0 Å². The molecule has 0 atom stereocenters. The monoisotopic (exact) mass is 343 g/mol. The summed E-state index contributed by atoms with van der Waals surface area (Å²) in [4.78, 5) is 13.4. The van der Waals surface area contributed by atoms with Crippen molar-refractivity contribution in [1.29, 1.82) is 0 Å². The van der Waals surface area contributed by atoms with Gasteiger partial charge in [0.05, 0.1) is 11.4 Å². The highest BCUT2D eigenvalue weighted by Gasteiger charge is 2.16. The first-order valence-corrected chi connectivity index (χ1v) is 8.50. The van der Waals surface area contributed by atoms with E-state index in [1.807, 2.05) is 44.2 Å². The molecule has 0 radical (unpaired) electrons. The van der Waals surface area contributed by atoms with Gasteiger partial charge in [-0.3, -0.25) is 14.8 Å². The lowest BCUT2D eigenvalue weighted by atomic mass is 10.3. The van der Waals surface area contributed by atoms with Crippen LogP contribution in [-0.4, -0.2) is 25.9 Å². The molecule has 24 heavy (non-hydrogen) atoms. The second kappa shape index (κ2) is 7.31. The van der Waals surface area contributed by atoms with Crippen LogP contribution >= 0.6 is 11.8 Å². The number of amides is 1. The molecule has 124 valence electrons. The third kappa shape index (κ3) is 3.83. The predicted molar refractivity (Wildman–Crippen MR) is 90.9 cm³/mol. The molecule has 7 nitrogen and oxygen atoms in total. The van der Waals surface area contributed by atoms with Crippen molar-refractivity contribution in [3.8, 4) is 0 Å². The summed E-state index contributed by atoms with van der Waals surface area (Å²) in [6, 6.07) is 11.7. The van der Waals surface area contributed by atoms with Crippen LogP contribution in [0.4, 0.5) is 6.01 Å². The van der Waals surface area contributed by atoms with Crippen LogP contribution in [0.5, 0.6) is 0 Å². The third-order valence-corrected chi connectivity index (χ3v) is 4.22. The smallest absolute Gasteiger partial charge is 0.322 e. The lowest BCUT2D eigenvalue weighted by Crippen LogP contribution is -2.17. The highest BCUT2D eigenvalue weighted by atomic mass is 32.2. The Bertz CT molecular complexity index is 828. The van der Waals surface area contributed by atoms with Crippen molar-refractivity contribution in [1.82, 2.24) is 20.0 Å². The van der Waals surface area contributed by atoms with Gasteiger partial charge in [0.15, 0.2) is 0 Å². The molecule has 0 aliphatic carbocycles. The number of aromatic nitrogens is 4. The van der Waals surface area contributed by atoms with E-state index in [1.54, 1.807) is 22.5 Å². The Kier molecular flexibility index (Phi) is 4.95. The standard InChI is InChI=1S/C16H17N5O2S/c1-3-21-13(9-11(2)20-21)15(22)17-16-19-18-14(23-16)10-24-12-7-5-4-6-8-12/h4-9H,3,10H2,1-2H3,(H,17,19,22). The largest absolute Gasteiger partial charge is 0.407 e. The summed E-state index contributed by atoms with van der Waals surface area (Å²) in [5, 5.41) is 14.7. The van der Waals surface area contributed by atoms with E-state index in [9.17, 15) is 4.79 Å². The molecule has 1 N–H and O–H groups in total. The Balaban J connectivity index is 1.62. The van der Waals surface area contributed by atoms with Crippen molar-refractivity contribution < 1.29 is 9.21 Å². The molecule has 0 saturated carbocycles. The molecule has 0 unspecified atom stereocenters. The third-order valence-electron chi connectivity index (χ3n) is 3.23. The fraction of sp³-hybridized carbons (Fsp3) is 0.250. The molecule has 1 amide bonds. The summed E-state index contributed by atoms with van der Waals surface area (Å²) in [6.07, 6.45) is 0. The first kappa shape index (κ1) is 16.3. The van der Waals surface area contributed by atoms with Crippen molar-refractivity contribution in [2.75, 3.05) is 5.32 Å². The number of hydrogen-bond acceptors (Lipinski definition) is 6. The molecule has 0 bridgehead atoms.